The molecular formula is C16H18F2N4O2. The highest BCUT2D eigenvalue weighted by atomic mass is 19.3. The van der Waals surface area contributed by atoms with Crippen LogP contribution >= 0.6 is 0 Å². The van der Waals surface area contributed by atoms with Crippen LogP contribution in [0.2, 0.25) is 0 Å². The second kappa shape index (κ2) is 7.39. The predicted octanol–water partition coefficient (Wildman–Crippen LogP) is 3.10. The molecule has 1 aromatic heterocycles. The van der Waals surface area contributed by atoms with Crippen molar-refractivity contribution < 1.29 is 18.6 Å². The Morgan fingerprint density at radius 1 is 1.21 bits per heavy atom. The van der Waals surface area contributed by atoms with Gasteiger partial charge in [0.1, 0.15) is 11.6 Å². The molecule has 0 unspecified atom stereocenters. The molecule has 1 aliphatic rings. The van der Waals surface area contributed by atoms with E-state index in [0.29, 0.717) is 29.9 Å². The number of halogens is 2. The number of nitrogens with zero attached hydrogens (tertiary/aromatic N) is 2. The second-order valence-electron chi connectivity index (χ2n) is 5.45. The molecule has 0 amide bonds. The zero-order chi connectivity index (χ0) is 16.9. The van der Waals surface area contributed by atoms with E-state index in [1.807, 2.05) is 6.07 Å². The van der Waals surface area contributed by atoms with Crippen molar-refractivity contribution in [2.75, 3.05) is 23.8 Å². The number of aliphatic hydroxyl groups is 1. The fourth-order valence-electron chi connectivity index (χ4n) is 2.23. The van der Waals surface area contributed by atoms with E-state index in [2.05, 4.69) is 25.3 Å². The average molecular weight is 336 g/mol. The summed E-state index contributed by atoms with van der Waals surface area (Å²) in [4.78, 5) is 8.80. The first kappa shape index (κ1) is 16.4. The summed E-state index contributed by atoms with van der Waals surface area (Å²) in [7, 11) is 0. The zero-order valence-corrected chi connectivity index (χ0v) is 12.9. The van der Waals surface area contributed by atoms with Crippen LogP contribution in [0.1, 0.15) is 24.5 Å². The van der Waals surface area contributed by atoms with Gasteiger partial charge in [-0.1, -0.05) is 0 Å². The van der Waals surface area contributed by atoms with Crippen molar-refractivity contribution in [3.63, 3.8) is 0 Å². The summed E-state index contributed by atoms with van der Waals surface area (Å²) in [5.74, 6) is 1.61. The number of nitrogens with one attached hydrogen (secondary N) is 2. The third kappa shape index (κ3) is 4.51. The Morgan fingerprint density at radius 2 is 1.96 bits per heavy atom. The molecule has 1 aromatic carbocycles. The van der Waals surface area contributed by atoms with Crippen molar-refractivity contribution in [3.8, 4) is 5.75 Å². The molecule has 2 aromatic rings. The molecule has 0 atom stereocenters. The Labute approximate surface area is 137 Å². The highest BCUT2D eigenvalue weighted by Gasteiger charge is 2.26. The van der Waals surface area contributed by atoms with Crippen LogP contribution in [0, 0.1) is 0 Å². The molecule has 24 heavy (non-hydrogen) atoms. The number of anilines is 3. The van der Waals surface area contributed by atoms with E-state index in [-0.39, 0.29) is 12.4 Å². The van der Waals surface area contributed by atoms with Gasteiger partial charge in [-0.3, -0.25) is 0 Å². The lowest BCUT2D eigenvalue weighted by atomic mass is 10.2. The summed E-state index contributed by atoms with van der Waals surface area (Å²) in [6.07, 6.45) is 2.21. The molecule has 1 saturated carbocycles. The van der Waals surface area contributed by atoms with Gasteiger partial charge >= 0.3 is 6.61 Å². The van der Waals surface area contributed by atoms with E-state index in [1.54, 1.807) is 12.1 Å². The molecule has 1 heterocycles. The van der Waals surface area contributed by atoms with E-state index in [4.69, 9.17) is 5.11 Å². The molecule has 3 rings (SSSR count). The predicted molar refractivity (Wildman–Crippen MR) is 85.9 cm³/mol. The average Bonchev–Trinajstić information content (AvgIpc) is 3.39. The van der Waals surface area contributed by atoms with Gasteiger partial charge in [-0.2, -0.15) is 13.8 Å². The van der Waals surface area contributed by atoms with Gasteiger partial charge in [-0.15, -0.1) is 0 Å². The SMILES string of the molecule is OCCNc1nc(Nc2ccc(OC(F)F)cc2)cc(C2CC2)n1. The summed E-state index contributed by atoms with van der Waals surface area (Å²) in [5, 5.41) is 15.0. The van der Waals surface area contributed by atoms with E-state index in [9.17, 15) is 8.78 Å². The van der Waals surface area contributed by atoms with Crippen molar-refractivity contribution in [2.24, 2.45) is 0 Å². The largest absolute Gasteiger partial charge is 0.435 e. The molecule has 0 spiro atoms. The standard InChI is InChI=1S/C16H18F2N4O2/c17-15(18)24-12-5-3-11(4-6-12)20-14-9-13(10-1-2-10)21-16(22-14)19-7-8-23/h3-6,9-10,15,23H,1-2,7-8H2,(H2,19,20,21,22). The Bertz CT molecular complexity index is 678. The first-order chi connectivity index (χ1) is 11.6. The van der Waals surface area contributed by atoms with Gasteiger partial charge < -0.3 is 20.5 Å². The fraction of sp³-hybridized carbons (Fsp3) is 0.375. The first-order valence-corrected chi connectivity index (χ1v) is 7.69. The van der Waals surface area contributed by atoms with Gasteiger partial charge in [0.2, 0.25) is 5.95 Å². The highest BCUT2D eigenvalue weighted by Crippen LogP contribution is 2.40. The summed E-state index contributed by atoms with van der Waals surface area (Å²) < 4.78 is 28.6. The molecule has 0 aliphatic heterocycles. The topological polar surface area (TPSA) is 79.3 Å². The van der Waals surface area contributed by atoms with Crippen LogP contribution in [-0.2, 0) is 0 Å². The van der Waals surface area contributed by atoms with Crippen molar-refractivity contribution in [2.45, 2.75) is 25.4 Å². The number of aliphatic hydroxyl groups excluding tert-OH is 1. The summed E-state index contributed by atoms with van der Waals surface area (Å²) in [6.45, 7) is -2.48. The highest BCUT2D eigenvalue weighted by molar-refractivity contribution is 5.59. The molecule has 0 bridgehead atoms. The number of benzene rings is 1. The monoisotopic (exact) mass is 336 g/mol. The van der Waals surface area contributed by atoms with Crippen molar-refractivity contribution in [1.29, 1.82) is 0 Å². The molecule has 3 N–H and O–H groups in total. The minimum Gasteiger partial charge on any atom is -0.435 e. The third-order valence-corrected chi connectivity index (χ3v) is 3.49. The van der Waals surface area contributed by atoms with Crippen LogP contribution in [0.15, 0.2) is 30.3 Å². The molecule has 0 saturated heterocycles. The molecule has 6 nitrogen and oxygen atoms in total. The Kier molecular flexibility index (Phi) is 5.05. The molecule has 128 valence electrons. The van der Waals surface area contributed by atoms with Crippen LogP contribution in [0.5, 0.6) is 5.75 Å². The van der Waals surface area contributed by atoms with E-state index < -0.39 is 6.61 Å². The number of rotatable bonds is 8. The smallest absolute Gasteiger partial charge is 0.387 e. The number of ether oxygens (including phenoxy) is 1. The lowest BCUT2D eigenvalue weighted by Gasteiger charge is -2.11. The Hall–Kier alpha value is -2.48. The summed E-state index contributed by atoms with van der Waals surface area (Å²) >= 11 is 0. The van der Waals surface area contributed by atoms with Crippen LogP contribution in [-0.4, -0.2) is 34.8 Å². The second-order valence-corrected chi connectivity index (χ2v) is 5.45. The van der Waals surface area contributed by atoms with Gasteiger partial charge in [0.25, 0.3) is 0 Å². The zero-order valence-electron chi connectivity index (χ0n) is 12.9. The Balaban J connectivity index is 1.74. The molecular weight excluding hydrogens is 318 g/mol. The first-order valence-electron chi connectivity index (χ1n) is 7.69. The lowest BCUT2D eigenvalue weighted by molar-refractivity contribution is -0.0498. The summed E-state index contributed by atoms with van der Waals surface area (Å²) in [5.41, 5.74) is 1.65. The summed E-state index contributed by atoms with van der Waals surface area (Å²) in [6, 6.07) is 8.07. The molecule has 8 heteroatoms. The van der Waals surface area contributed by atoms with Crippen LogP contribution < -0.4 is 15.4 Å². The maximum absolute atomic E-state index is 12.2. The van der Waals surface area contributed by atoms with Crippen molar-refractivity contribution >= 4 is 17.5 Å². The minimum atomic E-state index is -2.84. The lowest BCUT2D eigenvalue weighted by Crippen LogP contribution is -2.10. The number of alkyl halides is 2. The normalized spacial score (nSPS) is 13.8. The molecule has 1 fully saturated rings. The van der Waals surface area contributed by atoms with E-state index >= 15 is 0 Å². The van der Waals surface area contributed by atoms with Crippen molar-refractivity contribution in [3.05, 3.63) is 36.0 Å². The van der Waals surface area contributed by atoms with Gasteiger partial charge in [-0.05, 0) is 37.1 Å². The minimum absolute atomic E-state index is 0.00855. The fourth-order valence-corrected chi connectivity index (χ4v) is 2.23. The molecule has 1 aliphatic carbocycles. The number of hydrogen-bond donors (Lipinski definition) is 3. The van der Waals surface area contributed by atoms with Crippen LogP contribution in [0.3, 0.4) is 0 Å². The van der Waals surface area contributed by atoms with Gasteiger partial charge in [0, 0.05) is 24.2 Å². The van der Waals surface area contributed by atoms with Gasteiger partial charge in [-0.25, -0.2) is 4.98 Å². The van der Waals surface area contributed by atoms with E-state index in [0.717, 1.165) is 18.5 Å². The maximum Gasteiger partial charge on any atom is 0.387 e. The third-order valence-electron chi connectivity index (χ3n) is 3.49. The quantitative estimate of drug-likeness (QED) is 0.687. The maximum atomic E-state index is 12.2. The molecule has 0 radical (unpaired) electrons. The van der Waals surface area contributed by atoms with E-state index in [1.165, 1.54) is 12.1 Å². The van der Waals surface area contributed by atoms with Gasteiger partial charge in [0.05, 0.1) is 12.3 Å². The van der Waals surface area contributed by atoms with Crippen LogP contribution in [0.25, 0.3) is 0 Å². The number of hydrogen-bond acceptors (Lipinski definition) is 6. The van der Waals surface area contributed by atoms with Crippen LogP contribution in [0.4, 0.5) is 26.2 Å². The van der Waals surface area contributed by atoms with Crippen molar-refractivity contribution in [1.82, 2.24) is 9.97 Å². The Morgan fingerprint density at radius 3 is 2.58 bits per heavy atom. The number of aromatic nitrogens is 2. The van der Waals surface area contributed by atoms with Gasteiger partial charge in [0.15, 0.2) is 0 Å².